The van der Waals surface area contributed by atoms with Crippen molar-refractivity contribution in [3.63, 3.8) is 0 Å². The molecular formula is C18H20N2O5S. The molecule has 0 fully saturated rings. The van der Waals surface area contributed by atoms with Crippen molar-refractivity contribution in [2.45, 2.75) is 18.7 Å². The van der Waals surface area contributed by atoms with Gasteiger partial charge in [-0.15, -0.1) is 0 Å². The molecule has 0 aromatic heterocycles. The second-order valence-corrected chi connectivity index (χ2v) is 7.22. The van der Waals surface area contributed by atoms with E-state index in [-0.39, 0.29) is 28.5 Å². The Balaban J connectivity index is 2.33. The van der Waals surface area contributed by atoms with Gasteiger partial charge in [0.15, 0.2) is 5.78 Å². The first kappa shape index (κ1) is 19.6. The van der Waals surface area contributed by atoms with Crippen LogP contribution in [-0.2, 0) is 10.0 Å². The molecule has 1 amide bonds. The van der Waals surface area contributed by atoms with E-state index in [0.717, 1.165) is 0 Å². The van der Waals surface area contributed by atoms with Crippen LogP contribution in [0.25, 0.3) is 0 Å². The molecule has 0 aliphatic rings. The lowest BCUT2D eigenvalue weighted by atomic mass is 10.1. The normalized spacial score (nSPS) is 11.0. The number of methoxy groups -OCH3 is 1. The number of sulfonamides is 1. The van der Waals surface area contributed by atoms with Gasteiger partial charge in [-0.25, -0.2) is 13.1 Å². The Bertz CT molecular complexity index is 921. The van der Waals surface area contributed by atoms with Gasteiger partial charge in [-0.1, -0.05) is 6.92 Å². The fraction of sp³-hybridized carbons (Fsp3) is 0.222. The minimum Gasteiger partial charge on any atom is -0.496 e. The molecule has 26 heavy (non-hydrogen) atoms. The minimum absolute atomic E-state index is 0.0303. The number of benzene rings is 2. The Labute approximate surface area is 152 Å². The van der Waals surface area contributed by atoms with E-state index >= 15 is 0 Å². The quantitative estimate of drug-likeness (QED) is 0.723. The molecule has 8 heteroatoms. The third-order valence-electron chi connectivity index (χ3n) is 3.61. The standard InChI is InChI=1S/C18H20N2O5S/c1-4-19-26(23,24)15-9-10-17(25-3)16(11-15)18(22)20-14-7-5-13(6-8-14)12(2)21/h5-11,19H,4H2,1-3H3,(H,20,22). The van der Waals surface area contributed by atoms with Crippen molar-refractivity contribution < 1.29 is 22.7 Å². The van der Waals surface area contributed by atoms with E-state index in [1.807, 2.05) is 0 Å². The van der Waals surface area contributed by atoms with Gasteiger partial charge in [-0.05, 0) is 49.4 Å². The Kier molecular flexibility index (Phi) is 6.12. The SMILES string of the molecule is CCNS(=O)(=O)c1ccc(OC)c(C(=O)Nc2ccc(C(C)=O)cc2)c1. The summed E-state index contributed by atoms with van der Waals surface area (Å²) in [6.45, 7) is 3.35. The Morgan fingerprint density at radius 1 is 1.08 bits per heavy atom. The number of rotatable bonds is 7. The van der Waals surface area contributed by atoms with Gasteiger partial charge in [-0.3, -0.25) is 9.59 Å². The molecule has 2 aromatic rings. The predicted octanol–water partition coefficient (Wildman–Crippen LogP) is 2.45. The van der Waals surface area contributed by atoms with Gasteiger partial charge >= 0.3 is 0 Å². The molecule has 138 valence electrons. The molecule has 0 heterocycles. The summed E-state index contributed by atoms with van der Waals surface area (Å²) >= 11 is 0. The van der Waals surface area contributed by atoms with Crippen LogP contribution in [0.4, 0.5) is 5.69 Å². The van der Waals surface area contributed by atoms with Crippen molar-refractivity contribution >= 4 is 27.4 Å². The van der Waals surface area contributed by atoms with Crippen LogP contribution in [0.5, 0.6) is 5.75 Å². The fourth-order valence-corrected chi connectivity index (χ4v) is 3.36. The second kappa shape index (κ2) is 8.11. The summed E-state index contributed by atoms with van der Waals surface area (Å²) in [4.78, 5) is 23.8. The largest absolute Gasteiger partial charge is 0.496 e. The number of amides is 1. The first-order chi connectivity index (χ1) is 12.3. The Morgan fingerprint density at radius 3 is 2.27 bits per heavy atom. The maximum Gasteiger partial charge on any atom is 0.259 e. The van der Waals surface area contributed by atoms with Gasteiger partial charge in [0.05, 0.1) is 17.6 Å². The molecule has 0 unspecified atom stereocenters. The molecule has 0 spiro atoms. The molecule has 0 aliphatic heterocycles. The van der Waals surface area contributed by atoms with Crippen LogP contribution in [0.1, 0.15) is 34.6 Å². The molecule has 7 nitrogen and oxygen atoms in total. The maximum absolute atomic E-state index is 12.6. The summed E-state index contributed by atoms with van der Waals surface area (Å²) in [5, 5.41) is 2.66. The van der Waals surface area contributed by atoms with E-state index in [0.29, 0.717) is 11.3 Å². The van der Waals surface area contributed by atoms with E-state index in [1.165, 1.54) is 32.2 Å². The van der Waals surface area contributed by atoms with E-state index in [2.05, 4.69) is 10.0 Å². The van der Waals surface area contributed by atoms with Crippen molar-refractivity contribution in [2.75, 3.05) is 19.0 Å². The van der Waals surface area contributed by atoms with Crippen LogP contribution in [0.3, 0.4) is 0 Å². The molecule has 2 N–H and O–H groups in total. The zero-order chi connectivity index (χ0) is 19.3. The minimum atomic E-state index is -3.70. The van der Waals surface area contributed by atoms with Crippen molar-refractivity contribution in [1.82, 2.24) is 4.72 Å². The van der Waals surface area contributed by atoms with Crippen LogP contribution in [0.2, 0.25) is 0 Å². The molecule has 0 saturated heterocycles. The van der Waals surface area contributed by atoms with E-state index in [1.54, 1.807) is 31.2 Å². The zero-order valence-electron chi connectivity index (χ0n) is 14.7. The molecule has 0 bridgehead atoms. The van der Waals surface area contributed by atoms with Gasteiger partial charge in [0.2, 0.25) is 10.0 Å². The van der Waals surface area contributed by atoms with Crippen molar-refractivity contribution in [2.24, 2.45) is 0 Å². The maximum atomic E-state index is 12.6. The van der Waals surface area contributed by atoms with E-state index in [4.69, 9.17) is 4.74 Å². The number of anilines is 1. The molecule has 0 atom stereocenters. The summed E-state index contributed by atoms with van der Waals surface area (Å²) in [5.74, 6) is -0.352. The average Bonchev–Trinajstić information content (AvgIpc) is 2.61. The van der Waals surface area contributed by atoms with E-state index in [9.17, 15) is 18.0 Å². The monoisotopic (exact) mass is 376 g/mol. The Morgan fingerprint density at radius 2 is 1.73 bits per heavy atom. The number of carbonyl (C=O) groups is 2. The highest BCUT2D eigenvalue weighted by molar-refractivity contribution is 7.89. The summed E-state index contributed by atoms with van der Waals surface area (Å²) < 4.78 is 31.8. The van der Waals surface area contributed by atoms with Crippen LogP contribution in [0, 0.1) is 0 Å². The van der Waals surface area contributed by atoms with Crippen molar-refractivity contribution in [3.8, 4) is 5.75 Å². The highest BCUT2D eigenvalue weighted by Gasteiger charge is 2.19. The van der Waals surface area contributed by atoms with Gasteiger partial charge in [0.25, 0.3) is 5.91 Å². The van der Waals surface area contributed by atoms with Crippen molar-refractivity contribution in [3.05, 3.63) is 53.6 Å². The van der Waals surface area contributed by atoms with Crippen molar-refractivity contribution in [1.29, 1.82) is 0 Å². The predicted molar refractivity (Wildman–Crippen MR) is 98.3 cm³/mol. The number of carbonyl (C=O) groups excluding carboxylic acids is 2. The van der Waals surface area contributed by atoms with Gasteiger partial charge < -0.3 is 10.1 Å². The third kappa shape index (κ3) is 4.47. The van der Waals surface area contributed by atoms with E-state index < -0.39 is 15.9 Å². The summed E-state index contributed by atoms with van der Waals surface area (Å²) in [6, 6.07) is 10.5. The summed E-state index contributed by atoms with van der Waals surface area (Å²) in [7, 11) is -2.31. The smallest absolute Gasteiger partial charge is 0.259 e. The van der Waals surface area contributed by atoms with Gasteiger partial charge in [-0.2, -0.15) is 0 Å². The molecule has 0 radical (unpaired) electrons. The number of Topliss-reactive ketones (excluding diaryl/α,β-unsaturated/α-hetero) is 1. The summed E-state index contributed by atoms with van der Waals surface area (Å²) in [5.41, 5.74) is 1.09. The molecule has 2 rings (SSSR count). The summed E-state index contributed by atoms with van der Waals surface area (Å²) in [6.07, 6.45) is 0. The highest BCUT2D eigenvalue weighted by atomic mass is 32.2. The fourth-order valence-electron chi connectivity index (χ4n) is 2.29. The van der Waals surface area contributed by atoms with Gasteiger partial charge in [0.1, 0.15) is 5.75 Å². The van der Waals surface area contributed by atoms with Crippen LogP contribution < -0.4 is 14.8 Å². The van der Waals surface area contributed by atoms with Gasteiger partial charge in [0, 0.05) is 17.8 Å². The lowest BCUT2D eigenvalue weighted by Crippen LogP contribution is -2.24. The molecule has 0 saturated carbocycles. The second-order valence-electron chi connectivity index (χ2n) is 5.45. The highest BCUT2D eigenvalue weighted by Crippen LogP contribution is 2.24. The molecule has 0 aliphatic carbocycles. The average molecular weight is 376 g/mol. The number of hydrogen-bond acceptors (Lipinski definition) is 5. The third-order valence-corrected chi connectivity index (χ3v) is 5.15. The first-order valence-electron chi connectivity index (χ1n) is 7.88. The zero-order valence-corrected chi connectivity index (χ0v) is 15.5. The molecular weight excluding hydrogens is 356 g/mol. The Hall–Kier alpha value is -2.71. The lowest BCUT2D eigenvalue weighted by Gasteiger charge is -2.12. The number of hydrogen-bond donors (Lipinski definition) is 2. The molecule has 2 aromatic carbocycles. The first-order valence-corrected chi connectivity index (χ1v) is 9.37. The number of nitrogens with one attached hydrogen (secondary N) is 2. The number of ether oxygens (including phenoxy) is 1. The van der Waals surface area contributed by atoms with Crippen LogP contribution in [-0.4, -0.2) is 33.8 Å². The van der Waals surface area contributed by atoms with Crippen LogP contribution >= 0.6 is 0 Å². The topological polar surface area (TPSA) is 102 Å². The van der Waals surface area contributed by atoms with Crippen LogP contribution in [0.15, 0.2) is 47.4 Å². The lowest BCUT2D eigenvalue weighted by molar-refractivity contribution is 0.101. The number of ketones is 1.